The molecule has 0 saturated heterocycles. The van der Waals surface area contributed by atoms with E-state index in [9.17, 15) is 4.39 Å². The molecule has 1 aromatic heterocycles. The van der Waals surface area contributed by atoms with E-state index in [2.05, 4.69) is 46.6 Å². The minimum atomic E-state index is -0.230. The molecule has 26 heavy (non-hydrogen) atoms. The number of halogens is 2. The second-order valence-electron chi connectivity index (χ2n) is 5.93. The maximum atomic E-state index is 13.8. The number of aryl methyl sites for hydroxylation is 1. The molecule has 0 spiro atoms. The Morgan fingerprint density at radius 1 is 1.31 bits per heavy atom. The number of benzene rings is 1. The van der Waals surface area contributed by atoms with Gasteiger partial charge < -0.3 is 15.2 Å². The minimum absolute atomic E-state index is 0. The standard InChI is InChI=1S/C18H27FN6.HI/c1-4-14(3)23-18(21-12-15-8-6-7-9-16(15)19)20-10-11-25-13-22-24-17(25)5-2;/h6-9,13-14H,4-5,10-12H2,1-3H3,(H2,20,21,23);1H. The highest BCUT2D eigenvalue weighted by atomic mass is 127. The lowest BCUT2D eigenvalue weighted by Crippen LogP contribution is -2.43. The van der Waals surface area contributed by atoms with Crippen molar-refractivity contribution in [1.29, 1.82) is 0 Å². The minimum Gasteiger partial charge on any atom is -0.355 e. The van der Waals surface area contributed by atoms with Crippen LogP contribution in [0, 0.1) is 5.82 Å². The second-order valence-corrected chi connectivity index (χ2v) is 5.93. The summed E-state index contributed by atoms with van der Waals surface area (Å²) < 4.78 is 15.8. The van der Waals surface area contributed by atoms with Crippen LogP contribution in [0.25, 0.3) is 0 Å². The van der Waals surface area contributed by atoms with Crippen LogP contribution in [0.5, 0.6) is 0 Å². The first-order valence-corrected chi connectivity index (χ1v) is 8.79. The summed E-state index contributed by atoms with van der Waals surface area (Å²) in [4.78, 5) is 4.52. The van der Waals surface area contributed by atoms with Crippen molar-refractivity contribution in [2.45, 2.75) is 52.7 Å². The molecule has 1 heterocycles. The van der Waals surface area contributed by atoms with Crippen LogP contribution < -0.4 is 10.6 Å². The van der Waals surface area contributed by atoms with Gasteiger partial charge in [-0.25, -0.2) is 9.38 Å². The summed E-state index contributed by atoms with van der Waals surface area (Å²) in [5.74, 6) is 1.41. The summed E-state index contributed by atoms with van der Waals surface area (Å²) >= 11 is 0. The van der Waals surface area contributed by atoms with Crippen LogP contribution in [0.3, 0.4) is 0 Å². The van der Waals surface area contributed by atoms with Gasteiger partial charge >= 0.3 is 0 Å². The van der Waals surface area contributed by atoms with Crippen LogP contribution in [0.15, 0.2) is 35.6 Å². The van der Waals surface area contributed by atoms with Gasteiger partial charge in [-0.1, -0.05) is 32.0 Å². The van der Waals surface area contributed by atoms with Gasteiger partial charge in [0.2, 0.25) is 0 Å². The Morgan fingerprint density at radius 2 is 2.08 bits per heavy atom. The predicted octanol–water partition coefficient (Wildman–Crippen LogP) is 3.13. The third kappa shape index (κ3) is 6.89. The number of nitrogens with one attached hydrogen (secondary N) is 2. The summed E-state index contributed by atoms with van der Waals surface area (Å²) in [5, 5.41) is 14.7. The van der Waals surface area contributed by atoms with Crippen molar-refractivity contribution in [1.82, 2.24) is 25.4 Å². The number of hydrogen-bond acceptors (Lipinski definition) is 3. The molecule has 6 nitrogen and oxygen atoms in total. The van der Waals surface area contributed by atoms with Crippen molar-refractivity contribution in [2.75, 3.05) is 6.54 Å². The van der Waals surface area contributed by atoms with E-state index < -0.39 is 0 Å². The molecule has 1 unspecified atom stereocenters. The Hall–Kier alpha value is -1.71. The number of hydrogen-bond donors (Lipinski definition) is 2. The van der Waals surface area contributed by atoms with E-state index in [4.69, 9.17) is 0 Å². The first-order chi connectivity index (χ1) is 12.1. The van der Waals surface area contributed by atoms with Crippen molar-refractivity contribution >= 4 is 29.9 Å². The molecule has 1 aromatic carbocycles. The third-order valence-electron chi connectivity index (χ3n) is 4.02. The average molecular weight is 474 g/mol. The summed E-state index contributed by atoms with van der Waals surface area (Å²) in [6, 6.07) is 7.00. The van der Waals surface area contributed by atoms with Gasteiger partial charge in [-0.05, 0) is 19.4 Å². The van der Waals surface area contributed by atoms with Gasteiger partial charge in [0.15, 0.2) is 5.96 Å². The number of aromatic nitrogens is 3. The summed E-state index contributed by atoms with van der Waals surface area (Å²) in [6.07, 6.45) is 3.56. The van der Waals surface area contributed by atoms with Crippen LogP contribution >= 0.6 is 24.0 Å². The fourth-order valence-electron chi connectivity index (χ4n) is 2.31. The Labute approximate surface area is 171 Å². The van der Waals surface area contributed by atoms with E-state index in [1.807, 2.05) is 10.6 Å². The fraction of sp³-hybridized carbons (Fsp3) is 0.500. The molecule has 2 aromatic rings. The van der Waals surface area contributed by atoms with Crippen LogP contribution in [-0.2, 0) is 19.5 Å². The molecule has 8 heteroatoms. The quantitative estimate of drug-likeness (QED) is 0.351. The van der Waals surface area contributed by atoms with Gasteiger partial charge in [0.25, 0.3) is 0 Å². The van der Waals surface area contributed by atoms with E-state index in [1.54, 1.807) is 18.5 Å². The molecule has 0 amide bonds. The lowest BCUT2D eigenvalue weighted by molar-refractivity contribution is 0.594. The van der Waals surface area contributed by atoms with Gasteiger partial charge in [-0.3, -0.25) is 0 Å². The molecule has 1 atom stereocenters. The van der Waals surface area contributed by atoms with Gasteiger partial charge in [0.1, 0.15) is 18.0 Å². The topological polar surface area (TPSA) is 67.1 Å². The van der Waals surface area contributed by atoms with Crippen molar-refractivity contribution in [3.63, 3.8) is 0 Å². The number of rotatable bonds is 8. The van der Waals surface area contributed by atoms with Crippen molar-refractivity contribution < 1.29 is 4.39 Å². The molecule has 0 radical (unpaired) electrons. The summed E-state index contributed by atoms with van der Waals surface area (Å²) in [5.41, 5.74) is 0.583. The van der Waals surface area contributed by atoms with E-state index in [0.29, 0.717) is 24.6 Å². The average Bonchev–Trinajstić information content (AvgIpc) is 3.08. The summed E-state index contributed by atoms with van der Waals surface area (Å²) in [7, 11) is 0. The Morgan fingerprint density at radius 3 is 2.77 bits per heavy atom. The van der Waals surface area contributed by atoms with E-state index in [-0.39, 0.29) is 35.8 Å². The van der Waals surface area contributed by atoms with Crippen LogP contribution in [0.2, 0.25) is 0 Å². The van der Waals surface area contributed by atoms with Gasteiger partial charge in [-0.2, -0.15) is 0 Å². The molecular formula is C18H28FIN6. The van der Waals surface area contributed by atoms with Crippen molar-refractivity contribution in [2.24, 2.45) is 4.99 Å². The predicted molar refractivity (Wildman–Crippen MR) is 113 cm³/mol. The maximum absolute atomic E-state index is 13.8. The Kier molecular flexibility index (Phi) is 10.2. The van der Waals surface area contributed by atoms with Crippen LogP contribution in [-0.4, -0.2) is 33.3 Å². The first kappa shape index (κ1) is 22.3. The number of nitrogens with zero attached hydrogens (tertiary/aromatic N) is 4. The maximum Gasteiger partial charge on any atom is 0.191 e. The molecule has 144 valence electrons. The van der Waals surface area contributed by atoms with Crippen molar-refractivity contribution in [3.05, 3.63) is 47.8 Å². The molecule has 2 N–H and O–H groups in total. The lowest BCUT2D eigenvalue weighted by Gasteiger charge is -2.17. The zero-order valence-corrected chi connectivity index (χ0v) is 17.9. The largest absolute Gasteiger partial charge is 0.355 e. The molecule has 2 rings (SSSR count). The van der Waals surface area contributed by atoms with Gasteiger partial charge in [0, 0.05) is 31.1 Å². The molecule has 0 bridgehead atoms. The molecule has 0 saturated carbocycles. The monoisotopic (exact) mass is 474 g/mol. The number of guanidine groups is 1. The molecular weight excluding hydrogens is 446 g/mol. The second kappa shape index (κ2) is 11.8. The molecule has 0 fully saturated rings. The fourth-order valence-corrected chi connectivity index (χ4v) is 2.31. The molecule has 0 aliphatic rings. The number of aliphatic imine (C=N–C) groups is 1. The van der Waals surface area contributed by atoms with Gasteiger partial charge in [0.05, 0.1) is 6.54 Å². The third-order valence-corrected chi connectivity index (χ3v) is 4.02. The SMILES string of the molecule is CCc1nncn1CCNC(=NCc1ccccc1F)NC(C)CC.I. The Bertz CT molecular complexity index is 688. The highest BCUT2D eigenvalue weighted by Crippen LogP contribution is 2.07. The highest BCUT2D eigenvalue weighted by molar-refractivity contribution is 14.0. The van der Waals surface area contributed by atoms with E-state index >= 15 is 0 Å². The van der Waals surface area contributed by atoms with Gasteiger partial charge in [-0.15, -0.1) is 34.2 Å². The Balaban J connectivity index is 0.00000338. The van der Waals surface area contributed by atoms with E-state index in [0.717, 1.165) is 25.2 Å². The highest BCUT2D eigenvalue weighted by Gasteiger charge is 2.06. The lowest BCUT2D eigenvalue weighted by atomic mass is 10.2. The van der Waals surface area contributed by atoms with E-state index in [1.165, 1.54) is 6.07 Å². The molecule has 0 aliphatic heterocycles. The first-order valence-electron chi connectivity index (χ1n) is 8.79. The summed E-state index contributed by atoms with van der Waals surface area (Å²) in [6.45, 7) is 7.98. The smallest absolute Gasteiger partial charge is 0.191 e. The zero-order chi connectivity index (χ0) is 18.1. The normalized spacial score (nSPS) is 12.4. The van der Waals surface area contributed by atoms with Crippen molar-refractivity contribution in [3.8, 4) is 0 Å². The molecule has 0 aliphatic carbocycles. The zero-order valence-electron chi connectivity index (χ0n) is 15.6. The van der Waals surface area contributed by atoms with Crippen LogP contribution in [0.1, 0.15) is 38.6 Å². The van der Waals surface area contributed by atoms with Crippen LogP contribution in [0.4, 0.5) is 4.39 Å².